The van der Waals surface area contributed by atoms with Crippen molar-refractivity contribution in [2.24, 2.45) is 5.73 Å². The molecule has 0 fully saturated rings. The summed E-state index contributed by atoms with van der Waals surface area (Å²) in [4.78, 5) is 9.88. The highest BCUT2D eigenvalue weighted by Crippen LogP contribution is 1.74. The third-order valence-corrected chi connectivity index (χ3v) is 0.617. The number of hydrogen-bond acceptors (Lipinski definition) is 3. The van der Waals surface area contributed by atoms with Crippen LogP contribution < -0.4 is 11.1 Å². The zero-order valence-corrected chi connectivity index (χ0v) is 4.85. The molecule has 8 heavy (non-hydrogen) atoms. The largest absolute Gasteiger partial charge is 0.386 e. The Hall–Kier alpha value is -0.990. The minimum absolute atomic E-state index is 0.229. The quantitative estimate of drug-likeness (QED) is 0.490. The van der Waals surface area contributed by atoms with Crippen molar-refractivity contribution in [3.05, 3.63) is 12.4 Å². The lowest BCUT2D eigenvalue weighted by atomic mass is 10.4. The molecule has 3 heteroatoms. The molecule has 46 valence electrons. The number of hydrogen-bond donors (Lipinski definition) is 2. The van der Waals surface area contributed by atoms with Gasteiger partial charge in [0.1, 0.15) is 6.29 Å². The van der Waals surface area contributed by atoms with Gasteiger partial charge in [-0.25, -0.2) is 0 Å². The van der Waals surface area contributed by atoms with Crippen LogP contribution >= 0.6 is 0 Å². The predicted molar refractivity (Wildman–Crippen MR) is 32.0 cm³/mol. The summed E-state index contributed by atoms with van der Waals surface area (Å²) in [5.74, 6) is 0.324. The lowest BCUT2D eigenvalue weighted by molar-refractivity contribution is -0.109. The molecule has 0 saturated heterocycles. The molecule has 0 aromatic rings. The molecule has 0 heterocycles. The van der Waals surface area contributed by atoms with Crippen LogP contribution in [-0.4, -0.2) is 12.3 Å². The molecule has 0 amide bonds. The van der Waals surface area contributed by atoms with Gasteiger partial charge in [-0.05, 0) is 6.92 Å². The van der Waals surface area contributed by atoms with Crippen LogP contribution in [-0.2, 0) is 4.79 Å². The van der Waals surface area contributed by atoms with E-state index in [1.807, 2.05) is 0 Å². The molecule has 3 nitrogen and oxygen atoms in total. The lowest BCUT2D eigenvalue weighted by Gasteiger charge is -2.05. The minimum Gasteiger partial charge on any atom is -0.386 e. The summed E-state index contributed by atoms with van der Waals surface area (Å²) < 4.78 is 0. The van der Waals surface area contributed by atoms with Crippen LogP contribution in [0.1, 0.15) is 6.92 Å². The van der Waals surface area contributed by atoms with Crippen LogP contribution in [0.15, 0.2) is 12.4 Å². The molecule has 1 unspecified atom stereocenters. The summed E-state index contributed by atoms with van der Waals surface area (Å²) in [5, 5.41) is 2.61. The molecule has 0 aliphatic heterocycles. The lowest BCUT2D eigenvalue weighted by Crippen LogP contribution is -2.29. The first-order valence-corrected chi connectivity index (χ1v) is 2.33. The maximum absolute atomic E-state index is 9.88. The first kappa shape index (κ1) is 7.01. The number of nitrogens with one attached hydrogen (secondary N) is 1. The fourth-order valence-corrected chi connectivity index (χ4v) is 0.326. The third-order valence-electron chi connectivity index (χ3n) is 0.617. The van der Waals surface area contributed by atoms with Gasteiger partial charge in [-0.15, -0.1) is 0 Å². The van der Waals surface area contributed by atoms with Gasteiger partial charge in [-0.2, -0.15) is 0 Å². The average Bonchev–Trinajstić information content (AvgIpc) is 1.65. The van der Waals surface area contributed by atoms with Crippen LogP contribution in [0.3, 0.4) is 0 Å². The molecular weight excluding hydrogens is 104 g/mol. The van der Waals surface area contributed by atoms with E-state index in [9.17, 15) is 4.79 Å². The number of carbonyl (C=O) groups is 1. The number of nitrogens with two attached hydrogens (primary N) is 1. The van der Waals surface area contributed by atoms with Crippen molar-refractivity contribution in [2.75, 3.05) is 0 Å². The Labute approximate surface area is 48.6 Å². The van der Waals surface area contributed by atoms with Gasteiger partial charge in [0.05, 0.1) is 11.9 Å². The topological polar surface area (TPSA) is 55.1 Å². The second-order valence-corrected chi connectivity index (χ2v) is 1.59. The number of aldehydes is 1. The van der Waals surface area contributed by atoms with Crippen LogP contribution in [0.25, 0.3) is 0 Å². The maximum Gasteiger partial charge on any atom is 0.141 e. The molecule has 1 atom stereocenters. The summed E-state index contributed by atoms with van der Waals surface area (Å²) in [6.45, 7) is 5.05. The van der Waals surface area contributed by atoms with E-state index in [2.05, 4.69) is 11.9 Å². The molecule has 0 bridgehead atoms. The van der Waals surface area contributed by atoms with E-state index in [-0.39, 0.29) is 6.04 Å². The Kier molecular flexibility index (Phi) is 2.69. The van der Waals surface area contributed by atoms with Crippen molar-refractivity contribution in [1.82, 2.24) is 5.32 Å². The van der Waals surface area contributed by atoms with Crippen molar-refractivity contribution >= 4 is 6.29 Å². The van der Waals surface area contributed by atoms with Gasteiger partial charge >= 0.3 is 0 Å². The van der Waals surface area contributed by atoms with E-state index in [1.54, 1.807) is 6.92 Å². The standard InChI is InChI=1S/C5H10N2O/c1-4(3-8)7-5(2)6/h3-4,7H,2,6H2,1H3. The summed E-state index contributed by atoms with van der Waals surface area (Å²) in [6.07, 6.45) is 0.762. The normalized spacial score (nSPS) is 12.1. The minimum atomic E-state index is -0.229. The smallest absolute Gasteiger partial charge is 0.141 e. The van der Waals surface area contributed by atoms with Gasteiger partial charge in [-0.3, -0.25) is 0 Å². The van der Waals surface area contributed by atoms with Crippen LogP contribution in [0.5, 0.6) is 0 Å². The Morgan fingerprint density at radius 3 is 2.62 bits per heavy atom. The van der Waals surface area contributed by atoms with Crippen molar-refractivity contribution in [1.29, 1.82) is 0 Å². The highest BCUT2D eigenvalue weighted by atomic mass is 16.1. The zero-order chi connectivity index (χ0) is 6.57. The second-order valence-electron chi connectivity index (χ2n) is 1.59. The highest BCUT2D eigenvalue weighted by molar-refractivity contribution is 5.57. The van der Waals surface area contributed by atoms with Gasteiger partial charge in [0.25, 0.3) is 0 Å². The van der Waals surface area contributed by atoms with Gasteiger partial charge in [-0.1, -0.05) is 6.58 Å². The van der Waals surface area contributed by atoms with Crippen LogP contribution in [0.4, 0.5) is 0 Å². The van der Waals surface area contributed by atoms with E-state index >= 15 is 0 Å². The van der Waals surface area contributed by atoms with Crippen LogP contribution in [0.2, 0.25) is 0 Å². The van der Waals surface area contributed by atoms with Gasteiger partial charge < -0.3 is 15.8 Å². The monoisotopic (exact) mass is 114 g/mol. The van der Waals surface area contributed by atoms with E-state index in [0.717, 1.165) is 6.29 Å². The molecule has 0 rings (SSSR count). The molecule has 3 N–H and O–H groups in total. The molecule has 0 radical (unpaired) electrons. The summed E-state index contributed by atoms with van der Waals surface area (Å²) >= 11 is 0. The van der Waals surface area contributed by atoms with Crippen LogP contribution in [0, 0.1) is 0 Å². The molecule has 0 aliphatic carbocycles. The first-order valence-electron chi connectivity index (χ1n) is 2.33. The summed E-state index contributed by atoms with van der Waals surface area (Å²) in [5.41, 5.74) is 5.10. The number of carbonyl (C=O) groups excluding carboxylic acids is 1. The molecular formula is C5H10N2O. The molecule has 0 aromatic heterocycles. The maximum atomic E-state index is 9.88. The predicted octanol–water partition coefficient (Wildman–Crippen LogP) is -0.407. The zero-order valence-electron chi connectivity index (χ0n) is 4.85. The van der Waals surface area contributed by atoms with E-state index in [4.69, 9.17) is 5.73 Å². The number of rotatable bonds is 3. The first-order chi connectivity index (χ1) is 3.66. The van der Waals surface area contributed by atoms with Gasteiger partial charge in [0.2, 0.25) is 0 Å². The van der Waals surface area contributed by atoms with Crippen molar-refractivity contribution in [2.45, 2.75) is 13.0 Å². The summed E-state index contributed by atoms with van der Waals surface area (Å²) in [7, 11) is 0. The Balaban J connectivity index is 3.38. The fourth-order valence-electron chi connectivity index (χ4n) is 0.326. The van der Waals surface area contributed by atoms with E-state index < -0.39 is 0 Å². The third kappa shape index (κ3) is 3.21. The van der Waals surface area contributed by atoms with Gasteiger partial charge in [0.15, 0.2) is 0 Å². The Morgan fingerprint density at radius 2 is 2.50 bits per heavy atom. The Morgan fingerprint density at radius 1 is 2.00 bits per heavy atom. The Bertz CT molecular complexity index is 101. The van der Waals surface area contributed by atoms with Crippen molar-refractivity contribution in [3.8, 4) is 0 Å². The van der Waals surface area contributed by atoms with Crippen molar-refractivity contribution < 1.29 is 4.79 Å². The second kappa shape index (κ2) is 3.07. The van der Waals surface area contributed by atoms with Crippen molar-refractivity contribution in [3.63, 3.8) is 0 Å². The molecule has 0 spiro atoms. The molecule has 0 saturated carbocycles. The molecule has 0 aliphatic rings. The fraction of sp³-hybridized carbons (Fsp3) is 0.400. The highest BCUT2D eigenvalue weighted by Gasteiger charge is 1.93. The van der Waals surface area contributed by atoms with E-state index in [1.165, 1.54) is 0 Å². The van der Waals surface area contributed by atoms with Gasteiger partial charge in [0, 0.05) is 0 Å². The summed E-state index contributed by atoms with van der Waals surface area (Å²) in [6, 6.07) is -0.229. The molecule has 0 aromatic carbocycles. The average molecular weight is 114 g/mol. The van der Waals surface area contributed by atoms with E-state index in [0.29, 0.717) is 5.82 Å². The SMILES string of the molecule is C=C(N)NC(C)C=O.